The maximum absolute atomic E-state index is 10.9. The molecule has 2 aromatic rings. The van der Waals surface area contributed by atoms with Gasteiger partial charge in [-0.3, -0.25) is 0 Å². The second-order valence-electron chi connectivity index (χ2n) is 4.87. The largest absolute Gasteiger partial charge is 0.477 e. The highest BCUT2D eigenvalue weighted by atomic mass is 32.2. The highest BCUT2D eigenvalue weighted by Gasteiger charge is 2.05. The van der Waals surface area contributed by atoms with Gasteiger partial charge in [-0.1, -0.05) is 38.1 Å². The first-order chi connectivity index (χ1) is 9.56. The molecule has 3 nitrogen and oxygen atoms in total. The van der Waals surface area contributed by atoms with Gasteiger partial charge < -0.3 is 5.11 Å². The molecular formula is C16H17NO2S. The van der Waals surface area contributed by atoms with Gasteiger partial charge in [-0.15, -0.1) is 11.8 Å². The fourth-order valence-electron chi connectivity index (χ4n) is 1.78. The maximum Gasteiger partial charge on any atom is 0.354 e. The highest BCUT2D eigenvalue weighted by Crippen LogP contribution is 2.24. The smallest absolute Gasteiger partial charge is 0.354 e. The summed E-state index contributed by atoms with van der Waals surface area (Å²) in [5.41, 5.74) is 2.65. The van der Waals surface area contributed by atoms with Crippen LogP contribution >= 0.6 is 11.8 Å². The Morgan fingerprint density at radius 1 is 1.25 bits per heavy atom. The number of carboxylic acid groups (broad SMARTS) is 1. The third kappa shape index (κ3) is 3.84. The predicted octanol–water partition coefficient (Wildman–Crippen LogP) is 4.20. The molecule has 2 rings (SSSR count). The number of pyridine rings is 1. The Balaban J connectivity index is 2.01. The van der Waals surface area contributed by atoms with E-state index in [2.05, 4.69) is 43.1 Å². The van der Waals surface area contributed by atoms with E-state index < -0.39 is 5.97 Å². The van der Waals surface area contributed by atoms with Crippen LogP contribution in [0.15, 0.2) is 47.5 Å². The number of nitrogens with zero attached hydrogens (tertiary/aromatic N) is 1. The monoisotopic (exact) mass is 287 g/mol. The molecule has 0 saturated carbocycles. The molecular weight excluding hydrogens is 270 g/mol. The summed E-state index contributed by atoms with van der Waals surface area (Å²) in [6, 6.07) is 12.0. The SMILES string of the molecule is CC(C)c1ccc(CSc2ccnc(C(=O)O)c2)cc1. The van der Waals surface area contributed by atoms with Crippen LogP contribution in [0, 0.1) is 0 Å². The van der Waals surface area contributed by atoms with Gasteiger partial charge in [0.25, 0.3) is 0 Å². The lowest BCUT2D eigenvalue weighted by Crippen LogP contribution is -1.99. The van der Waals surface area contributed by atoms with Crippen molar-refractivity contribution < 1.29 is 9.90 Å². The molecule has 0 aliphatic heterocycles. The molecule has 0 bridgehead atoms. The summed E-state index contributed by atoms with van der Waals surface area (Å²) >= 11 is 1.62. The van der Waals surface area contributed by atoms with E-state index in [0.717, 1.165) is 10.6 Å². The van der Waals surface area contributed by atoms with E-state index in [1.807, 2.05) is 6.07 Å². The van der Waals surface area contributed by atoms with Crippen molar-refractivity contribution in [3.63, 3.8) is 0 Å². The number of hydrogen-bond donors (Lipinski definition) is 1. The van der Waals surface area contributed by atoms with Crippen LogP contribution in [-0.4, -0.2) is 16.1 Å². The van der Waals surface area contributed by atoms with Gasteiger partial charge in [0.1, 0.15) is 5.69 Å². The topological polar surface area (TPSA) is 50.2 Å². The van der Waals surface area contributed by atoms with Crippen LogP contribution in [0.1, 0.15) is 41.4 Å². The molecule has 0 radical (unpaired) electrons. The Kier molecular flexibility index (Phi) is 4.79. The van der Waals surface area contributed by atoms with E-state index in [-0.39, 0.29) is 5.69 Å². The third-order valence-electron chi connectivity index (χ3n) is 3.00. The Morgan fingerprint density at radius 2 is 1.95 bits per heavy atom. The van der Waals surface area contributed by atoms with Crippen molar-refractivity contribution in [3.8, 4) is 0 Å². The summed E-state index contributed by atoms with van der Waals surface area (Å²) in [5, 5.41) is 8.91. The number of carboxylic acids is 1. The number of benzene rings is 1. The number of rotatable bonds is 5. The van der Waals surface area contributed by atoms with Gasteiger partial charge in [-0.2, -0.15) is 0 Å². The Morgan fingerprint density at radius 3 is 2.55 bits per heavy atom. The molecule has 1 aromatic carbocycles. The van der Waals surface area contributed by atoms with E-state index in [1.54, 1.807) is 17.8 Å². The molecule has 4 heteroatoms. The molecule has 0 amide bonds. The standard InChI is InChI=1S/C16H17NO2S/c1-11(2)13-5-3-12(4-6-13)10-20-14-7-8-17-15(9-14)16(18)19/h3-9,11H,10H2,1-2H3,(H,18,19). The molecule has 1 heterocycles. The van der Waals surface area contributed by atoms with Crippen molar-refractivity contribution in [2.45, 2.75) is 30.4 Å². The van der Waals surface area contributed by atoms with Crippen LogP contribution in [0.4, 0.5) is 0 Å². The zero-order valence-corrected chi connectivity index (χ0v) is 12.4. The van der Waals surface area contributed by atoms with E-state index in [1.165, 1.54) is 17.3 Å². The van der Waals surface area contributed by atoms with Gasteiger partial charge in [-0.05, 0) is 29.2 Å². The minimum Gasteiger partial charge on any atom is -0.477 e. The Hall–Kier alpha value is -1.81. The Labute approximate surface area is 123 Å². The zero-order valence-electron chi connectivity index (χ0n) is 11.5. The number of carbonyl (C=O) groups is 1. The summed E-state index contributed by atoms with van der Waals surface area (Å²) in [7, 11) is 0. The lowest BCUT2D eigenvalue weighted by molar-refractivity contribution is 0.0690. The van der Waals surface area contributed by atoms with Gasteiger partial charge in [0.2, 0.25) is 0 Å². The average Bonchev–Trinajstić information content (AvgIpc) is 2.46. The zero-order chi connectivity index (χ0) is 14.5. The first-order valence-corrected chi connectivity index (χ1v) is 7.46. The second kappa shape index (κ2) is 6.57. The number of aromatic carboxylic acids is 1. The van der Waals surface area contributed by atoms with Crippen molar-refractivity contribution >= 4 is 17.7 Å². The molecule has 0 saturated heterocycles. The molecule has 0 atom stereocenters. The third-order valence-corrected chi connectivity index (χ3v) is 4.07. The normalized spacial score (nSPS) is 10.8. The first kappa shape index (κ1) is 14.6. The Bertz CT molecular complexity index is 594. The molecule has 0 unspecified atom stereocenters. The van der Waals surface area contributed by atoms with Gasteiger partial charge in [0.15, 0.2) is 0 Å². The molecule has 0 spiro atoms. The minimum absolute atomic E-state index is 0.0881. The van der Waals surface area contributed by atoms with Gasteiger partial charge in [0.05, 0.1) is 0 Å². The van der Waals surface area contributed by atoms with Crippen LogP contribution in [0.25, 0.3) is 0 Å². The lowest BCUT2D eigenvalue weighted by Gasteiger charge is -2.07. The van der Waals surface area contributed by atoms with E-state index in [4.69, 9.17) is 5.11 Å². The van der Waals surface area contributed by atoms with Crippen molar-refractivity contribution in [2.24, 2.45) is 0 Å². The number of thioether (sulfide) groups is 1. The molecule has 0 aliphatic rings. The number of hydrogen-bond acceptors (Lipinski definition) is 3. The van der Waals surface area contributed by atoms with Crippen LogP contribution in [0.5, 0.6) is 0 Å². The van der Waals surface area contributed by atoms with Gasteiger partial charge in [0, 0.05) is 16.8 Å². The molecule has 0 aliphatic carbocycles. The van der Waals surface area contributed by atoms with Crippen molar-refractivity contribution in [3.05, 3.63) is 59.4 Å². The van der Waals surface area contributed by atoms with Crippen LogP contribution in [0.2, 0.25) is 0 Å². The van der Waals surface area contributed by atoms with Crippen molar-refractivity contribution in [1.29, 1.82) is 0 Å². The second-order valence-corrected chi connectivity index (χ2v) is 5.92. The summed E-state index contributed by atoms with van der Waals surface area (Å²) in [4.78, 5) is 15.6. The molecule has 1 N–H and O–H groups in total. The average molecular weight is 287 g/mol. The number of aromatic nitrogens is 1. The minimum atomic E-state index is -0.992. The fraction of sp³-hybridized carbons (Fsp3) is 0.250. The summed E-state index contributed by atoms with van der Waals surface area (Å²) in [5.74, 6) is 0.366. The van der Waals surface area contributed by atoms with Crippen LogP contribution in [0.3, 0.4) is 0 Å². The summed E-state index contributed by atoms with van der Waals surface area (Å²) in [6.07, 6.45) is 1.54. The molecule has 20 heavy (non-hydrogen) atoms. The predicted molar refractivity (Wildman–Crippen MR) is 81.3 cm³/mol. The van der Waals surface area contributed by atoms with Gasteiger partial charge in [-0.25, -0.2) is 9.78 Å². The van der Waals surface area contributed by atoms with Crippen LogP contribution < -0.4 is 0 Å². The lowest BCUT2D eigenvalue weighted by atomic mass is 10.0. The quantitative estimate of drug-likeness (QED) is 0.837. The molecule has 0 fully saturated rings. The summed E-state index contributed by atoms with van der Waals surface area (Å²) < 4.78 is 0. The maximum atomic E-state index is 10.9. The van der Waals surface area contributed by atoms with Gasteiger partial charge >= 0.3 is 5.97 Å². The van der Waals surface area contributed by atoms with E-state index in [0.29, 0.717) is 5.92 Å². The van der Waals surface area contributed by atoms with Crippen LogP contribution in [-0.2, 0) is 5.75 Å². The highest BCUT2D eigenvalue weighted by molar-refractivity contribution is 7.98. The molecule has 1 aromatic heterocycles. The first-order valence-electron chi connectivity index (χ1n) is 6.47. The van der Waals surface area contributed by atoms with E-state index >= 15 is 0 Å². The fourth-order valence-corrected chi connectivity index (χ4v) is 2.66. The van der Waals surface area contributed by atoms with Crippen molar-refractivity contribution in [1.82, 2.24) is 4.98 Å². The molecule has 104 valence electrons. The summed E-state index contributed by atoms with van der Waals surface area (Å²) in [6.45, 7) is 4.35. The van der Waals surface area contributed by atoms with E-state index in [9.17, 15) is 4.79 Å². The van der Waals surface area contributed by atoms with Crippen molar-refractivity contribution in [2.75, 3.05) is 0 Å².